The van der Waals surface area contributed by atoms with Gasteiger partial charge in [-0.25, -0.2) is 9.29 Å². The lowest BCUT2D eigenvalue weighted by Gasteiger charge is -2.21. The van der Waals surface area contributed by atoms with E-state index in [0.717, 1.165) is 21.9 Å². The number of ether oxygens (including phenoxy) is 2. The quantitative estimate of drug-likeness (QED) is 0.464. The number of methoxy groups -OCH3 is 1. The van der Waals surface area contributed by atoms with Crippen LogP contribution in [0.4, 0.5) is 5.13 Å². The number of nitrogens with zero attached hydrogens (tertiary/aromatic N) is 2. The summed E-state index contributed by atoms with van der Waals surface area (Å²) in [6.45, 7) is 4.35. The Balaban J connectivity index is 2.34. The number of aryl methyl sites for hydroxylation is 2. The van der Waals surface area contributed by atoms with Crippen molar-refractivity contribution in [2.75, 3.05) is 31.4 Å². The zero-order valence-electron chi connectivity index (χ0n) is 12.9. The monoisotopic (exact) mass is 440 g/mol. The maximum Gasteiger partial charge on any atom is 0.278 e. The van der Waals surface area contributed by atoms with Crippen LogP contribution in [0.3, 0.4) is 0 Å². The highest BCUT2D eigenvalue weighted by Gasteiger charge is 2.30. The van der Waals surface area contributed by atoms with Crippen molar-refractivity contribution in [1.29, 1.82) is 0 Å². The van der Waals surface area contributed by atoms with E-state index in [-0.39, 0.29) is 10.9 Å². The summed E-state index contributed by atoms with van der Waals surface area (Å²) >= 11 is 5.77. The van der Waals surface area contributed by atoms with Crippen LogP contribution >= 0.6 is 38.6 Å². The zero-order valence-corrected chi connectivity index (χ0v) is 16.9. The molecule has 0 aliphatic rings. The van der Waals surface area contributed by atoms with E-state index in [4.69, 9.17) is 9.47 Å². The summed E-state index contributed by atoms with van der Waals surface area (Å²) in [6.07, 6.45) is 0. The van der Waals surface area contributed by atoms with Gasteiger partial charge < -0.3 is 9.47 Å². The maximum absolute atomic E-state index is 13.0. The lowest BCUT2D eigenvalue weighted by Crippen LogP contribution is -2.33. The van der Waals surface area contributed by atoms with Crippen LogP contribution < -0.4 is 4.31 Å². The van der Waals surface area contributed by atoms with E-state index < -0.39 is 10.0 Å². The van der Waals surface area contributed by atoms with Crippen LogP contribution in [0.5, 0.6) is 0 Å². The Kier molecular flexibility index (Phi) is 6.57. The molecule has 2 aromatic rings. The van der Waals surface area contributed by atoms with Crippen molar-refractivity contribution >= 4 is 53.8 Å². The van der Waals surface area contributed by atoms with Crippen LogP contribution in [0.15, 0.2) is 20.1 Å². The lowest BCUT2D eigenvalue weighted by molar-refractivity contribution is 0.0756. The average Bonchev–Trinajstić information content (AvgIpc) is 3.05. The third-order valence-electron chi connectivity index (χ3n) is 2.98. The van der Waals surface area contributed by atoms with Crippen LogP contribution in [0.1, 0.15) is 10.6 Å². The highest BCUT2D eigenvalue weighted by atomic mass is 79.9. The molecule has 0 atom stereocenters. The minimum atomic E-state index is -3.74. The molecule has 10 heteroatoms. The van der Waals surface area contributed by atoms with Crippen LogP contribution in [-0.4, -0.2) is 40.5 Å². The summed E-state index contributed by atoms with van der Waals surface area (Å²) in [5.41, 5.74) is 0.812. The second kappa shape index (κ2) is 8.04. The van der Waals surface area contributed by atoms with Gasteiger partial charge in [0.25, 0.3) is 10.0 Å². The number of aromatic nitrogens is 1. The molecule has 0 aliphatic carbocycles. The minimum Gasteiger partial charge on any atom is -0.382 e. The van der Waals surface area contributed by atoms with Gasteiger partial charge in [-0.3, -0.25) is 0 Å². The normalized spacial score (nSPS) is 11.8. The minimum absolute atomic E-state index is 0.109. The fourth-order valence-corrected chi connectivity index (χ4v) is 6.46. The largest absolute Gasteiger partial charge is 0.382 e. The third-order valence-corrected chi connectivity index (χ3v) is 8.55. The number of thiazole rings is 1. The number of sulfonamides is 1. The molecule has 0 amide bonds. The van der Waals surface area contributed by atoms with Gasteiger partial charge in [-0.15, -0.1) is 22.7 Å². The highest BCUT2D eigenvalue weighted by molar-refractivity contribution is 9.10. The second-order valence-corrected chi connectivity index (χ2v) is 9.59. The van der Waals surface area contributed by atoms with Gasteiger partial charge in [0.05, 0.1) is 18.9 Å². The molecule has 0 radical (unpaired) electrons. The molecule has 23 heavy (non-hydrogen) atoms. The first-order chi connectivity index (χ1) is 10.9. The molecule has 2 aromatic heterocycles. The molecule has 128 valence electrons. The smallest absolute Gasteiger partial charge is 0.278 e. The van der Waals surface area contributed by atoms with Gasteiger partial charge in [-0.1, -0.05) is 0 Å². The Bertz CT molecular complexity index is 738. The van der Waals surface area contributed by atoms with Crippen molar-refractivity contribution in [2.45, 2.75) is 18.1 Å². The highest BCUT2D eigenvalue weighted by Crippen LogP contribution is 2.35. The molecule has 2 heterocycles. The first-order valence-corrected chi connectivity index (χ1v) is 10.6. The van der Waals surface area contributed by atoms with Crippen LogP contribution in [0.25, 0.3) is 0 Å². The number of rotatable bonds is 8. The van der Waals surface area contributed by atoms with Gasteiger partial charge in [0, 0.05) is 16.5 Å². The van der Waals surface area contributed by atoms with Crippen molar-refractivity contribution in [1.82, 2.24) is 4.98 Å². The first-order valence-electron chi connectivity index (χ1n) is 6.64. The summed E-state index contributed by atoms with van der Waals surface area (Å²) < 4.78 is 38.3. The number of thiophene rings is 1. The Morgan fingerprint density at radius 3 is 2.61 bits per heavy atom. The Hall–Kier alpha value is -0.520. The van der Waals surface area contributed by atoms with Gasteiger partial charge in [0.1, 0.15) is 6.73 Å². The molecule has 0 spiro atoms. The average molecular weight is 441 g/mol. The van der Waals surface area contributed by atoms with E-state index in [1.807, 2.05) is 13.8 Å². The molecule has 0 bridgehead atoms. The first kappa shape index (κ1) is 18.8. The molecule has 0 aromatic carbocycles. The summed E-state index contributed by atoms with van der Waals surface area (Å²) in [7, 11) is -2.18. The van der Waals surface area contributed by atoms with E-state index in [9.17, 15) is 8.42 Å². The van der Waals surface area contributed by atoms with E-state index in [1.54, 1.807) is 18.6 Å². The number of halogens is 1. The molecule has 0 saturated heterocycles. The molecular formula is C13H17BrN2O4S3. The molecule has 2 rings (SSSR count). The number of anilines is 1. The molecule has 0 saturated carbocycles. The zero-order chi connectivity index (χ0) is 17.0. The standard InChI is InChI=1S/C13H17BrN2O4S3/c1-9-10(2)22-13(15-9)16(8-20-6-5-19-3)23(17,18)12-11(14)4-7-21-12/h4,7H,5-6,8H2,1-3H3. The predicted octanol–water partition coefficient (Wildman–Crippen LogP) is 3.40. The van der Waals surface area contributed by atoms with Crippen LogP contribution in [0.2, 0.25) is 0 Å². The van der Waals surface area contributed by atoms with E-state index in [2.05, 4.69) is 20.9 Å². The molecule has 0 aliphatic heterocycles. The van der Waals surface area contributed by atoms with Gasteiger partial charge in [0.15, 0.2) is 4.21 Å². The fraction of sp³-hybridized carbons (Fsp3) is 0.462. The van der Waals surface area contributed by atoms with E-state index in [0.29, 0.717) is 22.8 Å². The third kappa shape index (κ3) is 4.31. The predicted molar refractivity (Wildman–Crippen MR) is 96.0 cm³/mol. The molecule has 0 fully saturated rings. The molecule has 6 nitrogen and oxygen atoms in total. The molecule has 0 N–H and O–H groups in total. The van der Waals surface area contributed by atoms with E-state index in [1.165, 1.54) is 15.6 Å². The fourth-order valence-electron chi connectivity index (χ4n) is 1.64. The molecule has 0 unspecified atom stereocenters. The van der Waals surface area contributed by atoms with Gasteiger partial charge in [-0.2, -0.15) is 8.42 Å². The van der Waals surface area contributed by atoms with Crippen molar-refractivity contribution in [3.05, 3.63) is 26.5 Å². The summed E-state index contributed by atoms with van der Waals surface area (Å²) in [4.78, 5) is 5.33. The van der Waals surface area contributed by atoms with Crippen LogP contribution in [-0.2, 0) is 19.5 Å². The summed E-state index contributed by atoms with van der Waals surface area (Å²) in [5, 5.41) is 2.12. The van der Waals surface area contributed by atoms with Crippen molar-refractivity contribution in [2.24, 2.45) is 0 Å². The maximum atomic E-state index is 13.0. The van der Waals surface area contributed by atoms with Gasteiger partial charge in [-0.05, 0) is 41.2 Å². The number of hydrogen-bond donors (Lipinski definition) is 0. The second-order valence-electron chi connectivity index (χ2n) is 4.58. The van der Waals surface area contributed by atoms with Crippen LogP contribution in [0, 0.1) is 13.8 Å². The van der Waals surface area contributed by atoms with Gasteiger partial charge in [0.2, 0.25) is 5.13 Å². The SMILES string of the molecule is COCCOCN(c1nc(C)c(C)s1)S(=O)(=O)c1sccc1Br. The number of hydrogen-bond acceptors (Lipinski definition) is 7. The van der Waals surface area contributed by atoms with Crippen molar-refractivity contribution in [3.8, 4) is 0 Å². The molecular weight excluding hydrogens is 424 g/mol. The van der Waals surface area contributed by atoms with Crippen molar-refractivity contribution < 1.29 is 17.9 Å². The van der Waals surface area contributed by atoms with E-state index >= 15 is 0 Å². The Morgan fingerprint density at radius 1 is 1.35 bits per heavy atom. The van der Waals surface area contributed by atoms with Crippen molar-refractivity contribution in [3.63, 3.8) is 0 Å². The Labute approximate surface area is 152 Å². The summed E-state index contributed by atoms with van der Waals surface area (Å²) in [5.74, 6) is 0. The topological polar surface area (TPSA) is 68.7 Å². The van der Waals surface area contributed by atoms with Gasteiger partial charge >= 0.3 is 0 Å². The lowest BCUT2D eigenvalue weighted by atomic mass is 10.4. The summed E-state index contributed by atoms with van der Waals surface area (Å²) in [6, 6.07) is 1.71. The Morgan fingerprint density at radius 2 is 2.09 bits per heavy atom.